The minimum Gasteiger partial charge on any atom is -0.497 e. The van der Waals surface area contributed by atoms with Crippen molar-refractivity contribution in [2.45, 2.75) is 39.8 Å². The summed E-state index contributed by atoms with van der Waals surface area (Å²) in [6, 6.07) is 8.67. The highest BCUT2D eigenvalue weighted by atomic mass is 16.5. The van der Waals surface area contributed by atoms with Gasteiger partial charge < -0.3 is 18.8 Å². The molecule has 2 heterocycles. The molecule has 0 saturated carbocycles. The van der Waals surface area contributed by atoms with E-state index in [0.29, 0.717) is 35.7 Å². The molecule has 7 heteroatoms. The Bertz CT molecular complexity index is 1120. The van der Waals surface area contributed by atoms with Crippen LogP contribution in [0.5, 0.6) is 11.5 Å². The van der Waals surface area contributed by atoms with Crippen molar-refractivity contribution >= 4 is 16.9 Å². The van der Waals surface area contributed by atoms with Gasteiger partial charge in [0, 0.05) is 25.4 Å². The zero-order valence-electron chi connectivity index (χ0n) is 17.9. The van der Waals surface area contributed by atoms with Gasteiger partial charge in [-0.05, 0) is 49.6 Å². The molecular weight excluding hydrogens is 384 g/mol. The smallest absolute Gasteiger partial charge is 0.336 e. The molecule has 0 aliphatic heterocycles. The summed E-state index contributed by atoms with van der Waals surface area (Å²) in [4.78, 5) is 30.6. The largest absolute Gasteiger partial charge is 0.497 e. The molecule has 0 fully saturated rings. The fourth-order valence-electron chi connectivity index (χ4n) is 3.38. The van der Waals surface area contributed by atoms with Crippen molar-refractivity contribution in [3.8, 4) is 11.5 Å². The first-order valence-electron chi connectivity index (χ1n) is 9.80. The molecule has 0 radical (unpaired) electrons. The molecule has 158 valence electrons. The second kappa shape index (κ2) is 8.98. The number of likely N-dealkylation sites (N-methyl/N-ethyl adjacent to an activating group) is 1. The van der Waals surface area contributed by atoms with Crippen molar-refractivity contribution in [3.05, 3.63) is 63.8 Å². The first-order valence-corrected chi connectivity index (χ1v) is 9.80. The standard InChI is InChI=1S/C23H26N2O5/c1-6-16-11-21(26)30-20-10-14(2)9-19(22(16)20)29-15(3)23(27)25(4)13-17-12-18(28-5)7-8-24-17/h7-12,15H,6,13H2,1-5H3. The third-order valence-electron chi connectivity index (χ3n) is 4.87. The molecule has 2 aromatic heterocycles. The lowest BCUT2D eigenvalue weighted by molar-refractivity contribution is -0.137. The first kappa shape index (κ1) is 21.4. The van der Waals surface area contributed by atoms with Crippen LogP contribution in [0.15, 0.2) is 45.7 Å². The number of carbonyl (C=O) groups excluding carboxylic acids is 1. The van der Waals surface area contributed by atoms with Crippen LogP contribution in [0.4, 0.5) is 0 Å². The summed E-state index contributed by atoms with van der Waals surface area (Å²) in [6.07, 6.45) is 1.55. The van der Waals surface area contributed by atoms with Crippen molar-refractivity contribution in [1.82, 2.24) is 9.88 Å². The number of ether oxygens (including phenoxy) is 2. The fraction of sp³-hybridized carbons (Fsp3) is 0.348. The molecule has 30 heavy (non-hydrogen) atoms. The quantitative estimate of drug-likeness (QED) is 0.555. The Morgan fingerprint density at radius 1 is 1.27 bits per heavy atom. The van der Waals surface area contributed by atoms with E-state index in [9.17, 15) is 9.59 Å². The zero-order valence-corrected chi connectivity index (χ0v) is 17.9. The van der Waals surface area contributed by atoms with Gasteiger partial charge in [0.2, 0.25) is 0 Å². The summed E-state index contributed by atoms with van der Waals surface area (Å²) in [5, 5.41) is 0.722. The van der Waals surface area contributed by atoms with Crippen molar-refractivity contribution in [2.75, 3.05) is 14.2 Å². The third kappa shape index (κ3) is 4.62. The Labute approximate surface area is 175 Å². The number of hydrogen-bond acceptors (Lipinski definition) is 6. The highest BCUT2D eigenvalue weighted by molar-refractivity contribution is 5.88. The average Bonchev–Trinajstić information content (AvgIpc) is 2.71. The topological polar surface area (TPSA) is 81.9 Å². The molecule has 0 saturated heterocycles. The molecular formula is C23H26N2O5. The number of methoxy groups -OCH3 is 1. The molecule has 0 aliphatic carbocycles. The Kier molecular flexibility index (Phi) is 6.40. The predicted octanol–water partition coefficient (Wildman–Crippen LogP) is 3.49. The van der Waals surface area contributed by atoms with Crippen molar-refractivity contribution in [2.24, 2.45) is 0 Å². The van der Waals surface area contributed by atoms with Crippen LogP contribution in [0.25, 0.3) is 11.0 Å². The summed E-state index contributed by atoms with van der Waals surface area (Å²) >= 11 is 0. The van der Waals surface area contributed by atoms with Gasteiger partial charge in [-0.15, -0.1) is 0 Å². The molecule has 0 spiro atoms. The summed E-state index contributed by atoms with van der Waals surface area (Å²) in [5.41, 5.74) is 2.48. The highest BCUT2D eigenvalue weighted by Crippen LogP contribution is 2.31. The van der Waals surface area contributed by atoms with Gasteiger partial charge in [0.25, 0.3) is 5.91 Å². The van der Waals surface area contributed by atoms with E-state index in [1.165, 1.54) is 6.07 Å². The van der Waals surface area contributed by atoms with Crippen molar-refractivity contribution in [3.63, 3.8) is 0 Å². The maximum atomic E-state index is 12.9. The predicted molar refractivity (Wildman–Crippen MR) is 114 cm³/mol. The minimum absolute atomic E-state index is 0.190. The Balaban J connectivity index is 1.84. The molecule has 0 N–H and O–H groups in total. The van der Waals surface area contributed by atoms with Crippen LogP contribution in [0.3, 0.4) is 0 Å². The van der Waals surface area contributed by atoms with E-state index >= 15 is 0 Å². The van der Waals surface area contributed by atoms with Gasteiger partial charge >= 0.3 is 5.63 Å². The van der Waals surface area contributed by atoms with Gasteiger partial charge in [-0.25, -0.2) is 4.79 Å². The van der Waals surface area contributed by atoms with Crippen LogP contribution in [0.1, 0.15) is 30.7 Å². The first-order chi connectivity index (χ1) is 14.3. The SMILES string of the molecule is CCc1cc(=O)oc2cc(C)cc(OC(C)C(=O)N(C)Cc3cc(OC)ccn3)c12. The van der Waals surface area contributed by atoms with E-state index in [4.69, 9.17) is 13.9 Å². The molecule has 3 rings (SSSR count). The number of hydrogen-bond donors (Lipinski definition) is 0. The highest BCUT2D eigenvalue weighted by Gasteiger charge is 2.22. The number of pyridine rings is 1. The average molecular weight is 410 g/mol. The number of nitrogens with zero attached hydrogens (tertiary/aromatic N) is 2. The van der Waals surface area contributed by atoms with Gasteiger partial charge in [0.05, 0.1) is 24.7 Å². The Hall–Kier alpha value is -3.35. The van der Waals surface area contributed by atoms with Crippen LogP contribution >= 0.6 is 0 Å². The van der Waals surface area contributed by atoms with Gasteiger partial charge in [-0.3, -0.25) is 9.78 Å². The number of rotatable bonds is 7. The summed E-state index contributed by atoms with van der Waals surface area (Å²) < 4.78 is 16.6. The lowest BCUT2D eigenvalue weighted by Crippen LogP contribution is -2.37. The summed E-state index contributed by atoms with van der Waals surface area (Å²) in [6.45, 7) is 5.88. The maximum Gasteiger partial charge on any atom is 0.336 e. The molecule has 0 aliphatic rings. The van der Waals surface area contributed by atoms with Gasteiger partial charge in [-0.2, -0.15) is 0 Å². The summed E-state index contributed by atoms with van der Waals surface area (Å²) in [5.74, 6) is 1.02. The number of benzene rings is 1. The van der Waals surface area contributed by atoms with Crippen LogP contribution < -0.4 is 15.1 Å². The Morgan fingerprint density at radius 3 is 2.73 bits per heavy atom. The fourth-order valence-corrected chi connectivity index (χ4v) is 3.38. The van der Waals surface area contributed by atoms with Gasteiger partial charge in [0.15, 0.2) is 6.10 Å². The number of aromatic nitrogens is 1. The second-order valence-electron chi connectivity index (χ2n) is 7.22. The molecule has 0 bridgehead atoms. The lowest BCUT2D eigenvalue weighted by Gasteiger charge is -2.23. The van der Waals surface area contributed by atoms with Crippen molar-refractivity contribution < 1.29 is 18.7 Å². The minimum atomic E-state index is -0.734. The normalized spacial score (nSPS) is 11.9. The molecule has 1 amide bonds. The molecule has 7 nitrogen and oxygen atoms in total. The second-order valence-corrected chi connectivity index (χ2v) is 7.22. The van der Waals surface area contributed by atoms with Gasteiger partial charge in [0.1, 0.15) is 17.1 Å². The zero-order chi connectivity index (χ0) is 21.8. The van der Waals surface area contributed by atoms with E-state index in [0.717, 1.165) is 16.5 Å². The van der Waals surface area contributed by atoms with E-state index < -0.39 is 11.7 Å². The Morgan fingerprint density at radius 2 is 2.03 bits per heavy atom. The molecule has 1 unspecified atom stereocenters. The van der Waals surface area contributed by atoms with E-state index in [-0.39, 0.29) is 5.91 Å². The number of amides is 1. The van der Waals surface area contributed by atoms with Crippen LogP contribution in [-0.4, -0.2) is 36.1 Å². The van der Waals surface area contributed by atoms with Crippen LogP contribution in [0, 0.1) is 6.92 Å². The van der Waals surface area contributed by atoms with Crippen molar-refractivity contribution in [1.29, 1.82) is 0 Å². The van der Waals surface area contributed by atoms with Crippen LogP contribution in [0.2, 0.25) is 0 Å². The third-order valence-corrected chi connectivity index (χ3v) is 4.87. The number of aryl methyl sites for hydroxylation is 2. The van der Waals surface area contributed by atoms with E-state index in [2.05, 4.69) is 4.98 Å². The molecule has 3 aromatic rings. The monoisotopic (exact) mass is 410 g/mol. The number of fused-ring (bicyclic) bond motifs is 1. The van der Waals surface area contributed by atoms with E-state index in [1.54, 1.807) is 50.4 Å². The lowest BCUT2D eigenvalue weighted by atomic mass is 10.0. The summed E-state index contributed by atoms with van der Waals surface area (Å²) in [7, 11) is 3.29. The molecule has 1 aromatic carbocycles. The van der Waals surface area contributed by atoms with Gasteiger partial charge in [-0.1, -0.05) is 6.92 Å². The maximum absolute atomic E-state index is 12.9. The van der Waals surface area contributed by atoms with Crippen LogP contribution in [-0.2, 0) is 17.8 Å². The molecule has 1 atom stereocenters. The number of carbonyl (C=O) groups is 1. The van der Waals surface area contributed by atoms with E-state index in [1.807, 2.05) is 19.9 Å².